The third-order valence-electron chi connectivity index (χ3n) is 5.10. The number of ether oxygens (including phenoxy) is 1. The molecule has 4 rings (SSSR count). The Balaban J connectivity index is 1.38. The molecule has 0 bridgehead atoms. The number of nitrogen functional groups attached to an aromatic ring is 1. The predicted molar refractivity (Wildman–Crippen MR) is 130 cm³/mol. The minimum Gasteiger partial charge on any atom is -0.454 e. The van der Waals surface area contributed by atoms with Gasteiger partial charge >= 0.3 is 5.97 Å². The van der Waals surface area contributed by atoms with Crippen molar-refractivity contribution in [2.45, 2.75) is 16.6 Å². The summed E-state index contributed by atoms with van der Waals surface area (Å²) in [6, 6.07) is 19.3. The average molecular weight is 495 g/mol. The van der Waals surface area contributed by atoms with Crippen LogP contribution in [0.15, 0.2) is 77.7 Å². The summed E-state index contributed by atoms with van der Waals surface area (Å²) in [5, 5.41) is -0.0592. The fraction of sp³-hybridized carbons (Fsp3) is 0.120. The first-order valence-corrected chi connectivity index (χ1v) is 11.5. The van der Waals surface area contributed by atoms with E-state index in [4.69, 9.17) is 22.1 Å². The number of imide groups is 1. The van der Waals surface area contributed by atoms with Crippen LogP contribution >= 0.6 is 23.4 Å². The summed E-state index contributed by atoms with van der Waals surface area (Å²) in [6.45, 7) is -0.422. The molecule has 1 aliphatic heterocycles. The lowest BCUT2D eigenvalue weighted by Gasteiger charge is -2.15. The van der Waals surface area contributed by atoms with Gasteiger partial charge < -0.3 is 10.5 Å². The molecule has 1 saturated heterocycles. The molecule has 3 aromatic carbocycles. The minimum absolute atomic E-state index is 0.0644. The van der Waals surface area contributed by atoms with E-state index in [1.807, 2.05) is 6.07 Å². The van der Waals surface area contributed by atoms with E-state index in [2.05, 4.69) is 0 Å². The minimum atomic E-state index is -0.692. The topological polar surface area (TPSA) is 107 Å². The van der Waals surface area contributed by atoms with Crippen LogP contribution in [-0.4, -0.2) is 35.4 Å². The van der Waals surface area contributed by atoms with Crippen LogP contribution in [0.2, 0.25) is 5.02 Å². The molecule has 0 saturated carbocycles. The first-order chi connectivity index (χ1) is 16.3. The van der Waals surface area contributed by atoms with Gasteiger partial charge in [-0.3, -0.25) is 14.4 Å². The van der Waals surface area contributed by atoms with Crippen molar-refractivity contribution in [2.75, 3.05) is 17.2 Å². The van der Waals surface area contributed by atoms with Crippen LogP contribution in [-0.2, 0) is 14.3 Å². The number of carbonyl (C=O) groups excluding carboxylic acids is 4. The van der Waals surface area contributed by atoms with E-state index < -0.39 is 17.8 Å². The number of nitrogens with two attached hydrogens (primary N) is 1. The number of amides is 2. The number of carbonyl (C=O) groups is 4. The molecule has 3 aromatic rings. The molecule has 0 spiro atoms. The van der Waals surface area contributed by atoms with Gasteiger partial charge in [-0.2, -0.15) is 0 Å². The molecular formula is C25H19ClN2O5S. The van der Waals surface area contributed by atoms with E-state index in [-0.39, 0.29) is 29.6 Å². The molecule has 0 aliphatic carbocycles. The molecule has 1 heterocycles. The van der Waals surface area contributed by atoms with Gasteiger partial charge in [0.15, 0.2) is 12.4 Å². The first kappa shape index (κ1) is 23.5. The van der Waals surface area contributed by atoms with Crippen molar-refractivity contribution in [1.82, 2.24) is 0 Å². The van der Waals surface area contributed by atoms with E-state index >= 15 is 0 Å². The number of halogens is 1. The molecule has 2 amide bonds. The first-order valence-electron chi connectivity index (χ1n) is 10.3. The van der Waals surface area contributed by atoms with Gasteiger partial charge in [0.05, 0.1) is 16.5 Å². The Morgan fingerprint density at radius 1 is 1.00 bits per heavy atom. The second kappa shape index (κ2) is 10.1. The van der Waals surface area contributed by atoms with Crippen LogP contribution in [0.5, 0.6) is 0 Å². The van der Waals surface area contributed by atoms with Crippen molar-refractivity contribution in [2.24, 2.45) is 0 Å². The largest absolute Gasteiger partial charge is 0.454 e. The van der Waals surface area contributed by atoms with Crippen molar-refractivity contribution in [3.63, 3.8) is 0 Å². The van der Waals surface area contributed by atoms with E-state index in [9.17, 15) is 19.2 Å². The van der Waals surface area contributed by atoms with Gasteiger partial charge in [-0.15, -0.1) is 11.8 Å². The average Bonchev–Trinajstić information content (AvgIpc) is 3.10. The highest BCUT2D eigenvalue weighted by Gasteiger charge is 2.40. The van der Waals surface area contributed by atoms with Gasteiger partial charge in [0, 0.05) is 27.6 Å². The number of esters is 1. The Hall–Kier alpha value is -3.62. The number of anilines is 2. The summed E-state index contributed by atoms with van der Waals surface area (Å²) in [7, 11) is 0. The number of hydrogen-bond donors (Lipinski definition) is 1. The summed E-state index contributed by atoms with van der Waals surface area (Å²) in [6.07, 6.45) is 0.0644. The number of hydrogen-bond acceptors (Lipinski definition) is 7. The molecular weight excluding hydrogens is 476 g/mol. The maximum atomic E-state index is 12.9. The fourth-order valence-electron chi connectivity index (χ4n) is 3.40. The van der Waals surface area contributed by atoms with Gasteiger partial charge in [-0.05, 0) is 66.7 Å². The molecule has 0 radical (unpaired) electrons. The lowest BCUT2D eigenvalue weighted by atomic mass is 10.1. The van der Waals surface area contributed by atoms with Gasteiger partial charge in [-0.1, -0.05) is 17.7 Å². The van der Waals surface area contributed by atoms with Crippen LogP contribution < -0.4 is 10.6 Å². The standard InChI is InChI=1S/C25H19ClN2O5S/c26-17-8-4-15(5-9-17)21(29)14-33-25(32)16-6-10-19(11-7-16)28-23(30)13-22(24(28)31)34-20-3-1-2-18(27)12-20/h1-12,22H,13-14,27H2/t22-/m0/s1. The summed E-state index contributed by atoms with van der Waals surface area (Å²) in [4.78, 5) is 51.8. The normalized spacial score (nSPS) is 15.4. The second-order valence-corrected chi connectivity index (χ2v) is 9.22. The third kappa shape index (κ3) is 5.30. The van der Waals surface area contributed by atoms with Crippen molar-refractivity contribution in [1.29, 1.82) is 0 Å². The van der Waals surface area contributed by atoms with E-state index in [0.29, 0.717) is 22.0 Å². The second-order valence-electron chi connectivity index (χ2n) is 7.50. The van der Waals surface area contributed by atoms with Crippen molar-refractivity contribution < 1.29 is 23.9 Å². The highest BCUT2D eigenvalue weighted by Crippen LogP contribution is 2.34. The summed E-state index contributed by atoms with van der Waals surface area (Å²) in [5.41, 5.74) is 7.30. The number of rotatable bonds is 7. The molecule has 1 aliphatic rings. The summed E-state index contributed by atoms with van der Waals surface area (Å²) >= 11 is 7.09. The lowest BCUT2D eigenvalue weighted by molar-refractivity contribution is -0.121. The predicted octanol–water partition coefficient (Wildman–Crippen LogP) is 4.39. The molecule has 172 valence electrons. The Morgan fingerprint density at radius 2 is 1.68 bits per heavy atom. The number of ketones is 1. The number of Topliss-reactive ketones (excluding diaryl/α,β-unsaturated/α-hetero) is 1. The van der Waals surface area contributed by atoms with Crippen molar-refractivity contribution in [3.8, 4) is 0 Å². The molecule has 0 aromatic heterocycles. The zero-order valence-electron chi connectivity index (χ0n) is 17.8. The van der Waals surface area contributed by atoms with Crippen molar-refractivity contribution >= 4 is 58.3 Å². The van der Waals surface area contributed by atoms with E-state index in [1.54, 1.807) is 42.5 Å². The van der Waals surface area contributed by atoms with E-state index in [0.717, 1.165) is 9.80 Å². The maximum absolute atomic E-state index is 12.9. The monoisotopic (exact) mass is 494 g/mol. The summed E-state index contributed by atoms with van der Waals surface area (Å²) in [5.74, 6) is -1.71. The van der Waals surface area contributed by atoms with Gasteiger partial charge in [-0.25, -0.2) is 9.69 Å². The Bertz CT molecular complexity index is 1260. The van der Waals surface area contributed by atoms with Crippen LogP contribution in [0.4, 0.5) is 11.4 Å². The SMILES string of the molecule is Nc1cccc(S[C@H]2CC(=O)N(c3ccc(C(=O)OCC(=O)c4ccc(Cl)cc4)cc3)C2=O)c1. The maximum Gasteiger partial charge on any atom is 0.338 e. The number of nitrogens with zero attached hydrogens (tertiary/aromatic N) is 1. The zero-order valence-corrected chi connectivity index (χ0v) is 19.3. The molecule has 1 atom stereocenters. The molecule has 0 unspecified atom stereocenters. The third-order valence-corrected chi connectivity index (χ3v) is 6.53. The Kier molecular flexibility index (Phi) is 7.00. The van der Waals surface area contributed by atoms with Crippen LogP contribution in [0, 0.1) is 0 Å². The zero-order chi connectivity index (χ0) is 24.2. The van der Waals surface area contributed by atoms with Crippen LogP contribution in [0.3, 0.4) is 0 Å². The quantitative estimate of drug-likeness (QED) is 0.225. The summed E-state index contributed by atoms with van der Waals surface area (Å²) < 4.78 is 5.09. The molecule has 9 heteroatoms. The van der Waals surface area contributed by atoms with Crippen LogP contribution in [0.25, 0.3) is 0 Å². The molecule has 34 heavy (non-hydrogen) atoms. The van der Waals surface area contributed by atoms with Gasteiger partial charge in [0.25, 0.3) is 0 Å². The Labute approximate surface area is 204 Å². The Morgan fingerprint density at radius 3 is 2.35 bits per heavy atom. The molecule has 1 fully saturated rings. The molecule has 2 N–H and O–H groups in total. The highest BCUT2D eigenvalue weighted by molar-refractivity contribution is 8.00. The molecule has 7 nitrogen and oxygen atoms in total. The number of thioether (sulfide) groups is 1. The van der Waals surface area contributed by atoms with Crippen molar-refractivity contribution in [3.05, 3.63) is 88.9 Å². The van der Waals surface area contributed by atoms with Crippen LogP contribution in [0.1, 0.15) is 27.1 Å². The fourth-order valence-corrected chi connectivity index (χ4v) is 4.65. The van der Waals surface area contributed by atoms with E-state index in [1.165, 1.54) is 36.0 Å². The number of benzene rings is 3. The van der Waals surface area contributed by atoms with Gasteiger partial charge in [0.2, 0.25) is 11.8 Å². The van der Waals surface area contributed by atoms with Gasteiger partial charge in [0.1, 0.15) is 0 Å². The highest BCUT2D eigenvalue weighted by atomic mass is 35.5. The lowest BCUT2D eigenvalue weighted by Crippen LogP contribution is -2.31. The smallest absolute Gasteiger partial charge is 0.338 e.